The number of hydrogen-bond donors (Lipinski definition) is 1. The molecule has 0 aliphatic carbocycles. The van der Waals surface area contributed by atoms with Crippen LogP contribution >= 0.6 is 0 Å². The molecule has 0 spiro atoms. The molecule has 0 aliphatic rings. The van der Waals surface area contributed by atoms with Crippen LogP contribution in [0.3, 0.4) is 0 Å². The summed E-state index contributed by atoms with van der Waals surface area (Å²) in [6.07, 6.45) is 1.85. The lowest BCUT2D eigenvalue weighted by molar-refractivity contribution is 0.346. The van der Waals surface area contributed by atoms with Crippen molar-refractivity contribution in [3.8, 4) is 0 Å². The number of nitrogens with one attached hydrogen (secondary N) is 1. The Balaban J connectivity index is 2.43. The number of pyridine rings is 1. The summed E-state index contributed by atoms with van der Waals surface area (Å²) in [4.78, 5) is 6.63. The second-order valence-electron chi connectivity index (χ2n) is 4.79. The monoisotopic (exact) mass is 243 g/mol. The fourth-order valence-electron chi connectivity index (χ4n) is 2.32. The van der Waals surface area contributed by atoms with Crippen molar-refractivity contribution < 1.29 is 0 Å². The number of aromatic nitrogens is 1. The maximum atomic E-state index is 4.42. The molecule has 2 aromatic rings. The Labute approximate surface area is 109 Å². The normalized spacial score (nSPS) is 13.1. The molecule has 1 N–H and O–H groups in total. The van der Waals surface area contributed by atoms with Crippen LogP contribution in [-0.2, 0) is 0 Å². The highest BCUT2D eigenvalue weighted by Gasteiger charge is 2.14. The molecule has 3 nitrogen and oxygen atoms in total. The van der Waals surface area contributed by atoms with Crippen LogP contribution in [0, 0.1) is 0 Å². The third kappa shape index (κ3) is 2.86. The van der Waals surface area contributed by atoms with E-state index < -0.39 is 0 Å². The highest BCUT2D eigenvalue weighted by molar-refractivity contribution is 5.82. The molecular weight excluding hydrogens is 222 g/mol. The summed E-state index contributed by atoms with van der Waals surface area (Å²) in [5, 5.41) is 4.80. The Morgan fingerprint density at radius 2 is 2.06 bits per heavy atom. The van der Waals surface area contributed by atoms with E-state index in [-0.39, 0.29) is 0 Å². The summed E-state index contributed by atoms with van der Waals surface area (Å²) >= 11 is 0. The van der Waals surface area contributed by atoms with Crippen molar-refractivity contribution in [3.63, 3.8) is 0 Å². The number of hydrogen-bond acceptors (Lipinski definition) is 3. The molecule has 0 radical (unpaired) electrons. The lowest BCUT2D eigenvalue weighted by Gasteiger charge is -2.23. The van der Waals surface area contributed by atoms with E-state index in [1.807, 2.05) is 12.3 Å². The molecule has 1 aromatic carbocycles. The van der Waals surface area contributed by atoms with Gasteiger partial charge in [-0.15, -0.1) is 0 Å². The first kappa shape index (κ1) is 13.0. The van der Waals surface area contributed by atoms with Crippen molar-refractivity contribution in [2.45, 2.75) is 13.0 Å². The summed E-state index contributed by atoms with van der Waals surface area (Å²) in [6, 6.07) is 10.9. The van der Waals surface area contributed by atoms with Gasteiger partial charge in [-0.1, -0.05) is 25.1 Å². The van der Waals surface area contributed by atoms with Gasteiger partial charge in [0, 0.05) is 24.2 Å². The molecule has 18 heavy (non-hydrogen) atoms. The van der Waals surface area contributed by atoms with Crippen LogP contribution in [0.25, 0.3) is 10.9 Å². The number of nitrogens with zero attached hydrogens (tertiary/aromatic N) is 2. The molecule has 0 bridgehead atoms. The molecule has 0 fully saturated rings. The van der Waals surface area contributed by atoms with Crippen LogP contribution in [-0.4, -0.2) is 37.1 Å². The smallest absolute Gasteiger partial charge is 0.0705 e. The van der Waals surface area contributed by atoms with Gasteiger partial charge in [-0.2, -0.15) is 0 Å². The van der Waals surface area contributed by atoms with E-state index in [0.29, 0.717) is 6.04 Å². The molecule has 0 saturated heterocycles. The highest BCUT2D eigenvalue weighted by Crippen LogP contribution is 2.23. The van der Waals surface area contributed by atoms with Gasteiger partial charge >= 0.3 is 0 Å². The summed E-state index contributed by atoms with van der Waals surface area (Å²) in [5.74, 6) is 0. The summed E-state index contributed by atoms with van der Waals surface area (Å²) in [7, 11) is 4.21. The lowest BCUT2D eigenvalue weighted by atomic mass is 10.0. The van der Waals surface area contributed by atoms with Crippen LogP contribution in [0.4, 0.5) is 0 Å². The summed E-state index contributed by atoms with van der Waals surface area (Å²) in [5.41, 5.74) is 2.40. The molecule has 0 amide bonds. The maximum Gasteiger partial charge on any atom is 0.0705 e. The van der Waals surface area contributed by atoms with E-state index in [1.165, 1.54) is 10.9 Å². The molecule has 96 valence electrons. The third-order valence-electron chi connectivity index (χ3n) is 3.05. The second kappa shape index (κ2) is 5.94. The quantitative estimate of drug-likeness (QED) is 0.874. The predicted molar refractivity (Wildman–Crippen MR) is 76.7 cm³/mol. The Bertz CT molecular complexity index is 503. The first-order chi connectivity index (χ1) is 8.72. The standard InChI is InChI=1S/C15H21N3/c1-4-16-15(11-18(2)3)13-7-5-9-14-12(13)8-6-10-17-14/h5-10,15-16H,4,11H2,1-3H3. The van der Waals surface area contributed by atoms with Crippen LogP contribution in [0.2, 0.25) is 0 Å². The van der Waals surface area contributed by atoms with Crippen molar-refractivity contribution in [1.29, 1.82) is 0 Å². The van der Waals surface area contributed by atoms with Gasteiger partial charge in [0.1, 0.15) is 0 Å². The van der Waals surface area contributed by atoms with E-state index in [9.17, 15) is 0 Å². The van der Waals surface area contributed by atoms with E-state index >= 15 is 0 Å². The maximum absolute atomic E-state index is 4.42. The molecule has 1 heterocycles. The molecule has 1 unspecified atom stereocenters. The summed E-state index contributed by atoms with van der Waals surface area (Å²) < 4.78 is 0. The zero-order chi connectivity index (χ0) is 13.0. The molecule has 1 aromatic heterocycles. The lowest BCUT2D eigenvalue weighted by Crippen LogP contribution is -2.31. The van der Waals surface area contributed by atoms with Crippen LogP contribution in [0.5, 0.6) is 0 Å². The fourth-order valence-corrected chi connectivity index (χ4v) is 2.32. The minimum absolute atomic E-state index is 0.345. The van der Waals surface area contributed by atoms with Gasteiger partial charge in [0.05, 0.1) is 5.52 Å². The fraction of sp³-hybridized carbons (Fsp3) is 0.400. The zero-order valence-corrected chi connectivity index (χ0v) is 11.4. The Kier molecular flexibility index (Phi) is 4.28. The van der Waals surface area contributed by atoms with Gasteiger partial charge in [0.25, 0.3) is 0 Å². The van der Waals surface area contributed by atoms with Gasteiger partial charge in [-0.25, -0.2) is 0 Å². The van der Waals surface area contributed by atoms with Gasteiger partial charge in [-0.3, -0.25) is 4.98 Å². The molecule has 3 heteroatoms. The minimum Gasteiger partial charge on any atom is -0.309 e. The Morgan fingerprint density at radius 3 is 2.78 bits per heavy atom. The van der Waals surface area contributed by atoms with Crippen molar-refractivity contribution >= 4 is 10.9 Å². The van der Waals surface area contributed by atoms with E-state index in [0.717, 1.165) is 18.6 Å². The number of likely N-dealkylation sites (N-methyl/N-ethyl adjacent to an activating group) is 2. The molecule has 1 atom stereocenters. The molecule has 2 rings (SSSR count). The Morgan fingerprint density at radius 1 is 1.22 bits per heavy atom. The average molecular weight is 243 g/mol. The molecular formula is C15H21N3. The number of rotatable bonds is 5. The second-order valence-corrected chi connectivity index (χ2v) is 4.79. The highest BCUT2D eigenvalue weighted by atomic mass is 15.1. The third-order valence-corrected chi connectivity index (χ3v) is 3.05. The van der Waals surface area contributed by atoms with Crippen LogP contribution in [0.1, 0.15) is 18.5 Å². The molecule has 0 aliphatic heterocycles. The zero-order valence-electron chi connectivity index (χ0n) is 11.4. The summed E-state index contributed by atoms with van der Waals surface area (Å²) in [6.45, 7) is 4.10. The van der Waals surface area contributed by atoms with Gasteiger partial charge < -0.3 is 10.2 Å². The first-order valence-electron chi connectivity index (χ1n) is 6.44. The SMILES string of the molecule is CCNC(CN(C)C)c1cccc2ncccc12. The predicted octanol–water partition coefficient (Wildman–Crippen LogP) is 2.45. The molecule has 0 saturated carbocycles. The number of benzene rings is 1. The largest absolute Gasteiger partial charge is 0.309 e. The van der Waals surface area contributed by atoms with E-state index in [2.05, 4.69) is 60.5 Å². The Hall–Kier alpha value is -1.45. The van der Waals surface area contributed by atoms with Crippen LogP contribution < -0.4 is 5.32 Å². The van der Waals surface area contributed by atoms with Crippen LogP contribution in [0.15, 0.2) is 36.5 Å². The first-order valence-corrected chi connectivity index (χ1v) is 6.44. The van der Waals surface area contributed by atoms with E-state index in [4.69, 9.17) is 0 Å². The van der Waals surface area contributed by atoms with Crippen molar-refractivity contribution in [2.24, 2.45) is 0 Å². The van der Waals surface area contributed by atoms with Gasteiger partial charge in [0.2, 0.25) is 0 Å². The van der Waals surface area contributed by atoms with E-state index in [1.54, 1.807) is 0 Å². The minimum atomic E-state index is 0.345. The van der Waals surface area contributed by atoms with Crippen molar-refractivity contribution in [3.05, 3.63) is 42.1 Å². The average Bonchev–Trinajstić information content (AvgIpc) is 2.37. The van der Waals surface area contributed by atoms with Gasteiger partial charge in [-0.05, 0) is 38.3 Å². The van der Waals surface area contributed by atoms with Crippen molar-refractivity contribution in [1.82, 2.24) is 15.2 Å². The van der Waals surface area contributed by atoms with Crippen molar-refractivity contribution in [2.75, 3.05) is 27.2 Å². The topological polar surface area (TPSA) is 28.2 Å². The number of fused-ring (bicyclic) bond motifs is 1. The van der Waals surface area contributed by atoms with Gasteiger partial charge in [0.15, 0.2) is 0 Å².